The summed E-state index contributed by atoms with van der Waals surface area (Å²) in [5.74, 6) is -1.65. The second-order valence-electron chi connectivity index (χ2n) is 5.29. The highest BCUT2D eigenvalue weighted by molar-refractivity contribution is 5.90. The molecule has 0 aliphatic heterocycles. The number of hydrogen-bond donors (Lipinski definition) is 1. The summed E-state index contributed by atoms with van der Waals surface area (Å²) in [4.78, 5) is 6.28. The first kappa shape index (κ1) is 14.3. The topological polar surface area (TPSA) is 42.1 Å². The first-order chi connectivity index (χ1) is 10.5. The van der Waals surface area contributed by atoms with Crippen molar-refractivity contribution in [1.82, 2.24) is 4.98 Å². The fourth-order valence-electron chi connectivity index (χ4n) is 2.38. The number of hydrogen-bond acceptors (Lipinski definition) is 3. The lowest BCUT2D eigenvalue weighted by molar-refractivity contribution is 0.511. The Labute approximate surface area is 127 Å². The molecule has 5 heteroatoms. The maximum Gasteiger partial charge on any atom is 0.166 e. The van der Waals surface area contributed by atoms with Gasteiger partial charge in [0.25, 0.3) is 0 Å². The molecule has 0 unspecified atom stereocenters. The molecule has 112 valence electrons. The molecule has 0 fully saturated rings. The molecule has 0 saturated heterocycles. The molecular formula is C17H15F2N3. The summed E-state index contributed by atoms with van der Waals surface area (Å²) in [5, 5.41) is 0.818. The van der Waals surface area contributed by atoms with Crippen molar-refractivity contribution >= 4 is 22.4 Å². The van der Waals surface area contributed by atoms with Gasteiger partial charge in [-0.3, -0.25) is 0 Å². The van der Waals surface area contributed by atoms with Crippen molar-refractivity contribution in [3.63, 3.8) is 0 Å². The Balaban J connectivity index is 2.22. The molecule has 0 atom stereocenters. The quantitative estimate of drug-likeness (QED) is 0.782. The van der Waals surface area contributed by atoms with Crippen LogP contribution in [0.2, 0.25) is 0 Å². The van der Waals surface area contributed by atoms with E-state index in [1.165, 1.54) is 12.1 Å². The van der Waals surface area contributed by atoms with E-state index >= 15 is 0 Å². The van der Waals surface area contributed by atoms with Crippen LogP contribution in [0.4, 0.5) is 20.3 Å². The zero-order chi connectivity index (χ0) is 15.9. The molecular weight excluding hydrogens is 284 g/mol. The molecule has 2 aromatic carbocycles. The average molecular weight is 299 g/mol. The normalized spacial score (nSPS) is 10.9. The lowest BCUT2D eigenvalue weighted by Crippen LogP contribution is -2.08. The summed E-state index contributed by atoms with van der Waals surface area (Å²) < 4.78 is 27.4. The number of aromatic nitrogens is 1. The van der Waals surface area contributed by atoms with Crippen molar-refractivity contribution in [2.45, 2.75) is 0 Å². The van der Waals surface area contributed by atoms with Gasteiger partial charge in [0.15, 0.2) is 11.6 Å². The van der Waals surface area contributed by atoms with Crippen LogP contribution in [0.1, 0.15) is 0 Å². The summed E-state index contributed by atoms with van der Waals surface area (Å²) in [6.45, 7) is 0. The van der Waals surface area contributed by atoms with Gasteiger partial charge in [-0.15, -0.1) is 0 Å². The lowest BCUT2D eigenvalue weighted by Gasteiger charge is -2.14. The number of halogens is 2. The van der Waals surface area contributed by atoms with E-state index in [1.807, 2.05) is 37.2 Å². The summed E-state index contributed by atoms with van der Waals surface area (Å²) in [6.07, 6.45) is 0. The third kappa shape index (κ3) is 2.35. The van der Waals surface area contributed by atoms with E-state index in [-0.39, 0.29) is 11.4 Å². The number of fused-ring (bicyclic) bond motifs is 1. The zero-order valence-corrected chi connectivity index (χ0v) is 12.3. The molecule has 3 nitrogen and oxygen atoms in total. The van der Waals surface area contributed by atoms with E-state index < -0.39 is 11.6 Å². The largest absolute Gasteiger partial charge is 0.383 e. The summed E-state index contributed by atoms with van der Waals surface area (Å²) in [7, 11) is 3.86. The molecule has 2 N–H and O–H groups in total. The van der Waals surface area contributed by atoms with Crippen molar-refractivity contribution in [1.29, 1.82) is 0 Å². The molecule has 0 saturated carbocycles. The third-order valence-corrected chi connectivity index (χ3v) is 3.59. The van der Waals surface area contributed by atoms with Crippen LogP contribution in [-0.2, 0) is 0 Å². The van der Waals surface area contributed by atoms with Crippen LogP contribution >= 0.6 is 0 Å². The number of nitrogen functional groups attached to an aromatic ring is 1. The zero-order valence-electron chi connectivity index (χ0n) is 12.3. The number of nitrogens with two attached hydrogens (primary N) is 1. The van der Waals surface area contributed by atoms with Gasteiger partial charge >= 0.3 is 0 Å². The average Bonchev–Trinajstić information content (AvgIpc) is 2.49. The van der Waals surface area contributed by atoms with Crippen LogP contribution in [0.3, 0.4) is 0 Å². The Morgan fingerprint density at radius 3 is 2.50 bits per heavy atom. The van der Waals surface area contributed by atoms with Crippen molar-refractivity contribution in [3.05, 3.63) is 54.1 Å². The number of benzene rings is 2. The van der Waals surface area contributed by atoms with Gasteiger partial charge in [-0.1, -0.05) is 18.2 Å². The van der Waals surface area contributed by atoms with Crippen molar-refractivity contribution in [2.75, 3.05) is 24.7 Å². The van der Waals surface area contributed by atoms with E-state index in [2.05, 4.69) is 4.98 Å². The van der Waals surface area contributed by atoms with E-state index in [1.54, 1.807) is 6.07 Å². The molecule has 1 heterocycles. The highest BCUT2D eigenvalue weighted by Crippen LogP contribution is 2.32. The highest BCUT2D eigenvalue weighted by Gasteiger charge is 2.14. The van der Waals surface area contributed by atoms with Crippen LogP contribution in [0.5, 0.6) is 0 Å². The third-order valence-electron chi connectivity index (χ3n) is 3.59. The Morgan fingerprint density at radius 2 is 1.77 bits per heavy atom. The van der Waals surface area contributed by atoms with Crippen LogP contribution in [0, 0.1) is 11.6 Å². The highest BCUT2D eigenvalue weighted by atomic mass is 19.2. The number of pyridine rings is 1. The van der Waals surface area contributed by atoms with Gasteiger partial charge in [0, 0.05) is 36.3 Å². The van der Waals surface area contributed by atoms with E-state index in [0.717, 1.165) is 17.1 Å². The van der Waals surface area contributed by atoms with Gasteiger partial charge in [-0.2, -0.15) is 0 Å². The molecule has 0 radical (unpaired) electrons. The molecule has 0 amide bonds. The Bertz CT molecular complexity index is 860. The predicted octanol–water partition coefficient (Wildman–Crippen LogP) is 3.83. The summed E-state index contributed by atoms with van der Waals surface area (Å²) >= 11 is 0. The van der Waals surface area contributed by atoms with Crippen molar-refractivity contribution in [2.24, 2.45) is 0 Å². The fraction of sp³-hybridized carbons (Fsp3) is 0.118. The Hall–Kier alpha value is -2.69. The van der Waals surface area contributed by atoms with Crippen LogP contribution in [0.15, 0.2) is 42.5 Å². The molecule has 22 heavy (non-hydrogen) atoms. The Kier molecular flexibility index (Phi) is 3.41. The standard InChI is InChI=1S/C17H15F2N3/c1-22(2)11-7-6-10-8-13(17(20)21-15(10)9-11)12-4-3-5-14(18)16(12)19/h3-9H,1-2H3,(H2,20,21). The van der Waals surface area contributed by atoms with Gasteiger partial charge in [-0.25, -0.2) is 13.8 Å². The second-order valence-corrected chi connectivity index (χ2v) is 5.29. The minimum atomic E-state index is -0.916. The second kappa shape index (κ2) is 5.26. The van der Waals surface area contributed by atoms with E-state index in [4.69, 9.17) is 5.73 Å². The monoisotopic (exact) mass is 299 g/mol. The molecule has 0 bridgehead atoms. The maximum absolute atomic E-state index is 14.0. The first-order valence-electron chi connectivity index (χ1n) is 6.79. The SMILES string of the molecule is CN(C)c1ccc2cc(-c3cccc(F)c3F)c(N)nc2c1. The van der Waals surface area contributed by atoms with Crippen molar-refractivity contribution < 1.29 is 8.78 Å². The summed E-state index contributed by atoms with van der Waals surface area (Å²) in [5.41, 5.74) is 8.16. The fourth-order valence-corrected chi connectivity index (χ4v) is 2.38. The smallest absolute Gasteiger partial charge is 0.166 e. The van der Waals surface area contributed by atoms with Crippen LogP contribution in [-0.4, -0.2) is 19.1 Å². The van der Waals surface area contributed by atoms with E-state index in [9.17, 15) is 8.78 Å². The minimum absolute atomic E-state index is 0.114. The van der Waals surface area contributed by atoms with Gasteiger partial charge < -0.3 is 10.6 Å². The molecule has 3 rings (SSSR count). The molecule has 0 aliphatic carbocycles. The van der Waals surface area contributed by atoms with Gasteiger partial charge in [0.2, 0.25) is 0 Å². The number of anilines is 2. The van der Waals surface area contributed by atoms with Gasteiger partial charge in [-0.05, 0) is 24.3 Å². The first-order valence-corrected chi connectivity index (χ1v) is 6.79. The molecule has 0 aliphatic rings. The Morgan fingerprint density at radius 1 is 1.00 bits per heavy atom. The lowest BCUT2D eigenvalue weighted by atomic mass is 10.0. The predicted molar refractivity (Wildman–Crippen MR) is 85.8 cm³/mol. The maximum atomic E-state index is 14.0. The molecule has 3 aromatic rings. The molecule has 0 spiro atoms. The van der Waals surface area contributed by atoms with Gasteiger partial charge in [0.1, 0.15) is 5.82 Å². The van der Waals surface area contributed by atoms with Crippen LogP contribution < -0.4 is 10.6 Å². The minimum Gasteiger partial charge on any atom is -0.383 e. The number of rotatable bonds is 2. The van der Waals surface area contributed by atoms with Crippen LogP contribution in [0.25, 0.3) is 22.0 Å². The summed E-state index contributed by atoms with van der Waals surface area (Å²) in [6, 6.07) is 11.5. The van der Waals surface area contributed by atoms with Gasteiger partial charge in [0.05, 0.1) is 5.52 Å². The van der Waals surface area contributed by atoms with E-state index in [0.29, 0.717) is 11.1 Å². The molecule has 1 aromatic heterocycles. The van der Waals surface area contributed by atoms with Crippen molar-refractivity contribution in [3.8, 4) is 11.1 Å². The number of nitrogens with zero attached hydrogens (tertiary/aromatic N) is 2.